The highest BCUT2D eigenvalue weighted by Crippen LogP contribution is 2.27. The molecular weight excluding hydrogens is 334 g/mol. The molecular formula is C18H27N5OS. The Labute approximate surface area is 153 Å². The number of rotatable bonds is 8. The summed E-state index contributed by atoms with van der Waals surface area (Å²) in [5.74, 6) is 0. The molecule has 0 saturated carbocycles. The summed E-state index contributed by atoms with van der Waals surface area (Å²) in [6.07, 6.45) is 3.69. The lowest BCUT2D eigenvalue weighted by atomic mass is 10.1. The van der Waals surface area contributed by atoms with Crippen LogP contribution >= 0.6 is 11.3 Å². The molecule has 0 bridgehead atoms. The minimum atomic E-state index is 0.511. The van der Waals surface area contributed by atoms with Gasteiger partial charge in [-0.3, -0.25) is 4.90 Å². The number of anilines is 2. The van der Waals surface area contributed by atoms with Crippen molar-refractivity contribution >= 4 is 22.2 Å². The lowest BCUT2D eigenvalue weighted by molar-refractivity contribution is 0.188. The van der Waals surface area contributed by atoms with Gasteiger partial charge in [-0.15, -0.1) is 10.2 Å². The van der Waals surface area contributed by atoms with Crippen LogP contribution in [-0.2, 0) is 4.74 Å². The molecule has 0 aliphatic carbocycles. The van der Waals surface area contributed by atoms with Crippen LogP contribution in [0.4, 0.5) is 10.8 Å². The summed E-state index contributed by atoms with van der Waals surface area (Å²) in [7, 11) is 1.77. The average molecular weight is 362 g/mol. The van der Waals surface area contributed by atoms with Crippen molar-refractivity contribution in [2.75, 3.05) is 57.1 Å². The van der Waals surface area contributed by atoms with Gasteiger partial charge in [0, 0.05) is 51.1 Å². The van der Waals surface area contributed by atoms with Crippen LogP contribution in [0.3, 0.4) is 0 Å². The summed E-state index contributed by atoms with van der Waals surface area (Å²) in [6, 6.07) is 8.57. The predicted octanol–water partition coefficient (Wildman–Crippen LogP) is 2.73. The Hall–Kier alpha value is -1.70. The third-order valence-corrected chi connectivity index (χ3v) is 5.42. The average Bonchev–Trinajstić information content (AvgIpc) is 3.09. The third kappa shape index (κ3) is 5.14. The van der Waals surface area contributed by atoms with Gasteiger partial charge < -0.3 is 15.4 Å². The Kier molecular flexibility index (Phi) is 6.61. The van der Waals surface area contributed by atoms with Crippen LogP contribution in [0.15, 0.2) is 24.3 Å². The van der Waals surface area contributed by atoms with E-state index in [1.54, 1.807) is 7.11 Å². The minimum absolute atomic E-state index is 0.511. The van der Waals surface area contributed by atoms with E-state index in [1.807, 2.05) is 0 Å². The topological polar surface area (TPSA) is 67.5 Å². The van der Waals surface area contributed by atoms with E-state index in [0.29, 0.717) is 5.13 Å². The summed E-state index contributed by atoms with van der Waals surface area (Å²) < 4.78 is 5.10. The minimum Gasteiger partial charge on any atom is -0.385 e. The molecule has 0 radical (unpaired) electrons. The molecule has 0 amide bonds. The molecule has 1 aromatic carbocycles. The number of nitrogens with two attached hydrogens (primary N) is 1. The molecule has 0 atom stereocenters. The Bertz CT molecular complexity index is 637. The molecule has 1 aromatic heterocycles. The number of ether oxygens (including phenoxy) is 1. The number of methoxy groups -OCH3 is 1. The molecule has 0 spiro atoms. The fourth-order valence-electron chi connectivity index (χ4n) is 3.15. The van der Waals surface area contributed by atoms with Crippen molar-refractivity contribution < 1.29 is 4.74 Å². The molecule has 2 aromatic rings. The third-order valence-electron chi connectivity index (χ3n) is 4.62. The molecule has 1 saturated heterocycles. The van der Waals surface area contributed by atoms with E-state index in [9.17, 15) is 0 Å². The largest absolute Gasteiger partial charge is 0.385 e. The van der Waals surface area contributed by atoms with E-state index in [0.717, 1.165) is 43.4 Å². The number of benzene rings is 1. The van der Waals surface area contributed by atoms with Gasteiger partial charge in [-0.1, -0.05) is 11.3 Å². The van der Waals surface area contributed by atoms with Crippen LogP contribution in [0.1, 0.15) is 19.3 Å². The molecule has 2 N–H and O–H groups in total. The molecule has 0 unspecified atom stereocenters. The predicted molar refractivity (Wildman–Crippen MR) is 104 cm³/mol. The molecule has 25 heavy (non-hydrogen) atoms. The zero-order valence-electron chi connectivity index (χ0n) is 14.9. The normalized spacial score (nSPS) is 15.6. The molecule has 6 nitrogen and oxygen atoms in total. The monoisotopic (exact) mass is 361 g/mol. The van der Waals surface area contributed by atoms with Gasteiger partial charge in [-0.25, -0.2) is 0 Å². The molecule has 1 aliphatic rings. The SMILES string of the molecule is COCCCCCN1CCN(c2ccc(-c3nnc(N)s3)cc2)CC1. The number of piperazine rings is 1. The molecule has 3 rings (SSSR count). The number of hydrogen-bond acceptors (Lipinski definition) is 7. The Morgan fingerprint density at radius 2 is 1.80 bits per heavy atom. The maximum absolute atomic E-state index is 5.66. The molecule has 2 heterocycles. The molecule has 1 fully saturated rings. The van der Waals surface area contributed by atoms with E-state index in [-0.39, 0.29) is 0 Å². The van der Waals surface area contributed by atoms with Gasteiger partial charge in [-0.2, -0.15) is 0 Å². The highest BCUT2D eigenvalue weighted by Gasteiger charge is 2.17. The van der Waals surface area contributed by atoms with Gasteiger partial charge in [0.2, 0.25) is 5.13 Å². The molecule has 136 valence electrons. The highest BCUT2D eigenvalue weighted by atomic mass is 32.1. The van der Waals surface area contributed by atoms with E-state index >= 15 is 0 Å². The first-order chi connectivity index (χ1) is 12.3. The van der Waals surface area contributed by atoms with Crippen LogP contribution in [-0.4, -0.2) is 61.5 Å². The van der Waals surface area contributed by atoms with Crippen molar-refractivity contribution in [2.45, 2.75) is 19.3 Å². The number of aromatic nitrogens is 2. The summed E-state index contributed by atoms with van der Waals surface area (Å²) in [5.41, 5.74) is 8.02. The van der Waals surface area contributed by atoms with Crippen LogP contribution in [0.2, 0.25) is 0 Å². The fraction of sp³-hybridized carbons (Fsp3) is 0.556. The van der Waals surface area contributed by atoms with Crippen LogP contribution < -0.4 is 10.6 Å². The number of unbranched alkanes of at least 4 members (excludes halogenated alkanes) is 2. The summed E-state index contributed by atoms with van der Waals surface area (Å²) >= 11 is 1.42. The first-order valence-electron chi connectivity index (χ1n) is 8.92. The Morgan fingerprint density at radius 1 is 1.04 bits per heavy atom. The van der Waals surface area contributed by atoms with Gasteiger partial charge in [0.15, 0.2) is 0 Å². The first kappa shape index (κ1) is 18.1. The van der Waals surface area contributed by atoms with Gasteiger partial charge in [-0.05, 0) is 50.1 Å². The summed E-state index contributed by atoms with van der Waals surface area (Å²) in [6.45, 7) is 6.53. The van der Waals surface area contributed by atoms with Crippen LogP contribution in [0.5, 0.6) is 0 Å². The van der Waals surface area contributed by atoms with E-state index < -0.39 is 0 Å². The summed E-state index contributed by atoms with van der Waals surface area (Å²) in [5, 5.41) is 9.37. The lowest BCUT2D eigenvalue weighted by Crippen LogP contribution is -2.46. The van der Waals surface area contributed by atoms with Crippen molar-refractivity contribution in [3.8, 4) is 10.6 Å². The second kappa shape index (κ2) is 9.12. The number of nitrogen functional groups attached to an aromatic ring is 1. The van der Waals surface area contributed by atoms with E-state index in [2.05, 4.69) is 44.3 Å². The maximum Gasteiger partial charge on any atom is 0.203 e. The molecule has 7 heteroatoms. The second-order valence-electron chi connectivity index (χ2n) is 6.37. The van der Waals surface area contributed by atoms with Gasteiger partial charge in [0.05, 0.1) is 0 Å². The van der Waals surface area contributed by atoms with Crippen LogP contribution in [0, 0.1) is 0 Å². The zero-order chi connectivity index (χ0) is 17.5. The number of nitrogens with zero attached hydrogens (tertiary/aromatic N) is 4. The van der Waals surface area contributed by atoms with Crippen molar-refractivity contribution in [2.24, 2.45) is 0 Å². The fourth-order valence-corrected chi connectivity index (χ4v) is 3.77. The lowest BCUT2D eigenvalue weighted by Gasteiger charge is -2.36. The highest BCUT2D eigenvalue weighted by molar-refractivity contribution is 7.18. The van der Waals surface area contributed by atoms with Crippen molar-refractivity contribution in [3.05, 3.63) is 24.3 Å². The first-order valence-corrected chi connectivity index (χ1v) is 9.73. The zero-order valence-corrected chi connectivity index (χ0v) is 15.7. The Balaban J connectivity index is 1.45. The van der Waals surface area contributed by atoms with Crippen molar-refractivity contribution in [3.63, 3.8) is 0 Å². The second-order valence-corrected chi connectivity index (χ2v) is 7.38. The van der Waals surface area contributed by atoms with Gasteiger partial charge in [0.25, 0.3) is 0 Å². The van der Waals surface area contributed by atoms with Crippen molar-refractivity contribution in [1.29, 1.82) is 0 Å². The summed E-state index contributed by atoms with van der Waals surface area (Å²) in [4.78, 5) is 5.03. The molecule has 1 aliphatic heterocycles. The smallest absolute Gasteiger partial charge is 0.203 e. The number of hydrogen-bond donors (Lipinski definition) is 1. The quantitative estimate of drug-likeness (QED) is 0.729. The van der Waals surface area contributed by atoms with E-state index in [4.69, 9.17) is 10.5 Å². The van der Waals surface area contributed by atoms with Crippen LogP contribution in [0.25, 0.3) is 10.6 Å². The van der Waals surface area contributed by atoms with Crippen molar-refractivity contribution in [1.82, 2.24) is 15.1 Å². The standard InChI is InChI=1S/C18H27N5OS/c1-24-14-4-2-3-9-22-10-12-23(13-11-22)16-7-5-15(6-8-16)17-20-21-18(19)25-17/h5-8H,2-4,9-14H2,1H3,(H2,19,21). The van der Waals surface area contributed by atoms with Gasteiger partial charge >= 0.3 is 0 Å². The van der Waals surface area contributed by atoms with Gasteiger partial charge in [0.1, 0.15) is 5.01 Å². The Morgan fingerprint density at radius 3 is 2.44 bits per heavy atom. The maximum atomic E-state index is 5.66. The van der Waals surface area contributed by atoms with E-state index in [1.165, 1.54) is 42.8 Å².